The van der Waals surface area contributed by atoms with Crippen LogP contribution in [0.15, 0.2) is 70.8 Å². The van der Waals surface area contributed by atoms with Gasteiger partial charge in [-0.2, -0.15) is 10.9 Å². The smallest absolute Gasteiger partial charge is 0.0491 e. The SMILES string of the molecule is CCCCCCn1c2ccccc2c2cc(C=C[SH]3C=CC=C3)ccc21. The van der Waals surface area contributed by atoms with Crippen LogP contribution in [-0.4, -0.2) is 4.57 Å². The molecule has 0 atom stereocenters. The first-order valence-electron chi connectivity index (χ1n) is 9.68. The molecule has 1 aliphatic rings. The fourth-order valence-corrected chi connectivity index (χ4v) is 4.97. The van der Waals surface area contributed by atoms with Gasteiger partial charge in [-0.05, 0) is 52.5 Å². The van der Waals surface area contributed by atoms with Crippen LogP contribution in [0.3, 0.4) is 0 Å². The van der Waals surface area contributed by atoms with Crippen molar-refractivity contribution in [1.29, 1.82) is 0 Å². The minimum atomic E-state index is -0.200. The van der Waals surface area contributed by atoms with Crippen LogP contribution in [0.1, 0.15) is 38.2 Å². The van der Waals surface area contributed by atoms with E-state index >= 15 is 0 Å². The maximum Gasteiger partial charge on any atom is 0.0491 e. The molecule has 3 aromatic rings. The number of fused-ring (bicyclic) bond motifs is 3. The summed E-state index contributed by atoms with van der Waals surface area (Å²) in [5, 5.41) is 9.66. The summed E-state index contributed by atoms with van der Waals surface area (Å²) in [7, 11) is -0.200. The van der Waals surface area contributed by atoms with Crippen LogP contribution < -0.4 is 0 Å². The van der Waals surface area contributed by atoms with E-state index in [2.05, 4.69) is 88.4 Å². The van der Waals surface area contributed by atoms with Crippen molar-refractivity contribution < 1.29 is 0 Å². The molecule has 4 rings (SSSR count). The molecule has 2 aromatic carbocycles. The highest BCUT2D eigenvalue weighted by atomic mass is 32.2. The van der Waals surface area contributed by atoms with Gasteiger partial charge >= 0.3 is 0 Å². The molecule has 134 valence electrons. The van der Waals surface area contributed by atoms with Crippen molar-refractivity contribution in [3.05, 3.63) is 76.4 Å². The van der Waals surface area contributed by atoms with Gasteiger partial charge in [0.25, 0.3) is 0 Å². The van der Waals surface area contributed by atoms with Gasteiger partial charge in [0.2, 0.25) is 0 Å². The topological polar surface area (TPSA) is 4.93 Å². The van der Waals surface area contributed by atoms with Gasteiger partial charge in [0.15, 0.2) is 0 Å². The molecule has 0 spiro atoms. The summed E-state index contributed by atoms with van der Waals surface area (Å²) in [6, 6.07) is 15.8. The Bertz CT molecular complexity index is 978. The van der Waals surface area contributed by atoms with Crippen molar-refractivity contribution in [2.75, 3.05) is 0 Å². The van der Waals surface area contributed by atoms with Crippen molar-refractivity contribution in [3.63, 3.8) is 0 Å². The van der Waals surface area contributed by atoms with Crippen molar-refractivity contribution in [1.82, 2.24) is 4.57 Å². The van der Waals surface area contributed by atoms with E-state index in [1.165, 1.54) is 53.1 Å². The molecule has 1 aromatic heterocycles. The Kier molecular flexibility index (Phi) is 5.31. The Labute approximate surface area is 159 Å². The Balaban J connectivity index is 1.69. The second kappa shape index (κ2) is 8.01. The number of aryl methyl sites for hydroxylation is 1. The number of aromatic nitrogens is 1. The highest BCUT2D eigenvalue weighted by Crippen LogP contribution is 2.35. The van der Waals surface area contributed by atoms with Gasteiger partial charge < -0.3 is 4.57 Å². The maximum absolute atomic E-state index is 2.51. The molecule has 0 amide bonds. The van der Waals surface area contributed by atoms with E-state index in [0.29, 0.717) is 0 Å². The predicted octanol–water partition coefficient (Wildman–Crippen LogP) is 7.39. The zero-order valence-electron chi connectivity index (χ0n) is 15.4. The van der Waals surface area contributed by atoms with E-state index in [1.54, 1.807) is 0 Å². The highest BCUT2D eigenvalue weighted by Gasteiger charge is 2.10. The minimum Gasteiger partial charge on any atom is -0.340 e. The zero-order valence-corrected chi connectivity index (χ0v) is 16.3. The number of benzene rings is 2. The van der Waals surface area contributed by atoms with Gasteiger partial charge in [-0.15, -0.1) is 0 Å². The van der Waals surface area contributed by atoms with Gasteiger partial charge in [-0.25, -0.2) is 0 Å². The number of unbranched alkanes of at least 4 members (excludes halogenated alkanes) is 3. The summed E-state index contributed by atoms with van der Waals surface area (Å²) in [6.45, 7) is 3.38. The van der Waals surface area contributed by atoms with E-state index in [-0.39, 0.29) is 10.9 Å². The summed E-state index contributed by atoms with van der Waals surface area (Å²) in [5.41, 5.74) is 4.03. The molecule has 1 aliphatic heterocycles. The number of hydrogen-bond acceptors (Lipinski definition) is 0. The molecule has 1 nitrogen and oxygen atoms in total. The quantitative estimate of drug-likeness (QED) is 0.331. The summed E-state index contributed by atoms with van der Waals surface area (Å²) in [4.78, 5) is 0. The fourth-order valence-electron chi connectivity index (χ4n) is 3.73. The van der Waals surface area contributed by atoms with Crippen LogP contribution in [0.5, 0.6) is 0 Å². The predicted molar refractivity (Wildman–Crippen MR) is 120 cm³/mol. The van der Waals surface area contributed by atoms with Crippen LogP contribution in [0, 0.1) is 0 Å². The van der Waals surface area contributed by atoms with Gasteiger partial charge in [-0.1, -0.05) is 62.6 Å². The van der Waals surface area contributed by atoms with Gasteiger partial charge in [0.1, 0.15) is 0 Å². The first-order chi connectivity index (χ1) is 12.9. The number of rotatable bonds is 7. The highest BCUT2D eigenvalue weighted by molar-refractivity contribution is 8.24. The number of thiol groups is 1. The fraction of sp³-hybridized carbons (Fsp3) is 0.250. The van der Waals surface area contributed by atoms with E-state index < -0.39 is 0 Å². The second-order valence-corrected chi connectivity index (χ2v) is 8.74. The lowest BCUT2D eigenvalue weighted by atomic mass is 10.1. The molecule has 0 saturated carbocycles. The first-order valence-corrected chi connectivity index (χ1v) is 11.2. The van der Waals surface area contributed by atoms with Gasteiger partial charge in [-0.3, -0.25) is 0 Å². The normalized spacial score (nSPS) is 15.2. The van der Waals surface area contributed by atoms with Crippen LogP contribution in [0.25, 0.3) is 27.9 Å². The Morgan fingerprint density at radius 3 is 2.54 bits per heavy atom. The minimum absolute atomic E-state index is 0.200. The molecule has 0 aliphatic carbocycles. The number of nitrogens with zero attached hydrogens (tertiary/aromatic N) is 1. The lowest BCUT2D eigenvalue weighted by molar-refractivity contribution is 0.602. The van der Waals surface area contributed by atoms with Gasteiger partial charge in [0.05, 0.1) is 0 Å². The Hall–Kier alpha value is -2.19. The summed E-state index contributed by atoms with van der Waals surface area (Å²) < 4.78 is 2.51. The number of para-hydroxylation sites is 1. The van der Waals surface area contributed by atoms with Crippen molar-refractivity contribution in [2.24, 2.45) is 0 Å². The lowest BCUT2D eigenvalue weighted by Crippen LogP contribution is -1.97. The maximum atomic E-state index is 2.51. The van der Waals surface area contributed by atoms with E-state index in [1.807, 2.05) is 0 Å². The third-order valence-electron chi connectivity index (χ3n) is 5.10. The van der Waals surface area contributed by atoms with Crippen molar-refractivity contribution in [2.45, 2.75) is 39.2 Å². The number of allylic oxidation sites excluding steroid dienone is 2. The van der Waals surface area contributed by atoms with Crippen LogP contribution >= 0.6 is 10.9 Å². The largest absolute Gasteiger partial charge is 0.340 e. The molecule has 2 heterocycles. The average Bonchev–Trinajstić information content (AvgIpc) is 3.30. The van der Waals surface area contributed by atoms with E-state index in [0.717, 1.165) is 6.54 Å². The Morgan fingerprint density at radius 1 is 0.885 bits per heavy atom. The third kappa shape index (κ3) is 3.52. The van der Waals surface area contributed by atoms with Gasteiger partial charge in [0, 0.05) is 28.4 Å². The lowest BCUT2D eigenvalue weighted by Gasteiger charge is -2.07. The van der Waals surface area contributed by atoms with E-state index in [4.69, 9.17) is 0 Å². The summed E-state index contributed by atoms with van der Waals surface area (Å²) in [5.74, 6) is 0. The Morgan fingerprint density at radius 2 is 1.69 bits per heavy atom. The second-order valence-electron chi connectivity index (χ2n) is 6.95. The average molecular weight is 362 g/mol. The summed E-state index contributed by atoms with van der Waals surface area (Å²) in [6.07, 6.45) is 11.8. The standard InChI is InChI=1S/C24H27NS/c1-2-3-4-7-15-25-23-11-6-5-10-21(23)22-19-20(12-13-24(22)25)14-18-26-16-8-9-17-26/h5-6,8-14,16-19,26H,2-4,7,15H2,1H3. The van der Waals surface area contributed by atoms with Crippen molar-refractivity contribution in [3.8, 4) is 0 Å². The molecule has 0 unspecified atom stereocenters. The molecule has 0 bridgehead atoms. The molecule has 0 fully saturated rings. The molecular formula is C24H27NS. The first kappa shape index (κ1) is 17.2. The zero-order chi connectivity index (χ0) is 17.8. The molecule has 0 radical (unpaired) electrons. The summed E-state index contributed by atoms with van der Waals surface area (Å²) >= 11 is 0. The third-order valence-corrected chi connectivity index (χ3v) is 6.62. The molecule has 0 N–H and O–H groups in total. The molecule has 2 heteroatoms. The van der Waals surface area contributed by atoms with Crippen LogP contribution in [0.4, 0.5) is 0 Å². The molecular weight excluding hydrogens is 334 g/mol. The van der Waals surface area contributed by atoms with Crippen LogP contribution in [-0.2, 0) is 6.54 Å². The molecule has 26 heavy (non-hydrogen) atoms. The van der Waals surface area contributed by atoms with Crippen LogP contribution in [0.2, 0.25) is 0 Å². The van der Waals surface area contributed by atoms with Crippen molar-refractivity contribution >= 4 is 38.8 Å². The molecule has 0 saturated heterocycles. The number of hydrogen-bond donors (Lipinski definition) is 1. The monoisotopic (exact) mass is 361 g/mol. The van der Waals surface area contributed by atoms with E-state index in [9.17, 15) is 0 Å².